The molecule has 1 unspecified atom stereocenters. The third kappa shape index (κ3) is 33.4. The number of hydrogen-bond donors (Lipinski definition) is 1. The average molecular weight is 682 g/mol. The normalized spacial score (nSPS) is 12.2. The van der Waals surface area contributed by atoms with Gasteiger partial charge in [-0.25, -0.2) is 0 Å². The second-order valence-electron chi connectivity index (χ2n) is 14.8. The van der Waals surface area contributed by atoms with Crippen LogP contribution in [0.4, 0.5) is 0 Å². The highest BCUT2D eigenvalue weighted by Crippen LogP contribution is 2.19. The Hall–Kier alpha value is -1.14. The van der Waals surface area contributed by atoms with Crippen LogP contribution in [0.2, 0.25) is 0 Å². The van der Waals surface area contributed by atoms with Gasteiger partial charge in [-0.1, -0.05) is 137 Å². The van der Waals surface area contributed by atoms with Crippen molar-refractivity contribution in [2.24, 2.45) is 5.92 Å². The average Bonchev–Trinajstić information content (AvgIpc) is 3.07. The van der Waals surface area contributed by atoms with Gasteiger partial charge in [0.25, 0.3) is 0 Å². The molecule has 0 aliphatic carbocycles. The highest BCUT2D eigenvalue weighted by Gasteiger charge is 2.15. The van der Waals surface area contributed by atoms with Gasteiger partial charge in [0, 0.05) is 32.5 Å². The van der Waals surface area contributed by atoms with E-state index in [0.29, 0.717) is 25.4 Å². The highest BCUT2D eigenvalue weighted by molar-refractivity contribution is 5.69. The summed E-state index contributed by atoms with van der Waals surface area (Å²) >= 11 is 0. The summed E-state index contributed by atoms with van der Waals surface area (Å²) in [5.74, 6) is 0.545. The quantitative estimate of drug-likeness (QED) is 0.0516. The van der Waals surface area contributed by atoms with Crippen LogP contribution in [0.3, 0.4) is 0 Å². The van der Waals surface area contributed by atoms with Gasteiger partial charge < -0.3 is 19.5 Å². The van der Waals surface area contributed by atoms with Gasteiger partial charge >= 0.3 is 11.9 Å². The van der Waals surface area contributed by atoms with Crippen molar-refractivity contribution in [1.29, 1.82) is 0 Å². The molecule has 0 fully saturated rings. The Morgan fingerprint density at radius 2 is 1.00 bits per heavy atom. The van der Waals surface area contributed by atoms with Gasteiger partial charge in [-0.05, 0) is 76.7 Å². The molecule has 1 N–H and O–H groups in total. The van der Waals surface area contributed by atoms with Crippen LogP contribution in [0.15, 0.2) is 0 Å². The topological polar surface area (TPSA) is 76.1 Å². The minimum Gasteiger partial charge on any atom is -0.466 e. The van der Waals surface area contributed by atoms with E-state index >= 15 is 0 Å². The zero-order chi connectivity index (χ0) is 35.3. The Bertz CT molecular complexity index is 671. The molecule has 286 valence electrons. The zero-order valence-corrected chi connectivity index (χ0v) is 32.7. The Morgan fingerprint density at radius 3 is 1.58 bits per heavy atom. The first kappa shape index (κ1) is 46.9. The summed E-state index contributed by atoms with van der Waals surface area (Å²) < 4.78 is 11.4. The van der Waals surface area contributed by atoms with E-state index in [1.54, 1.807) is 0 Å². The first-order valence-corrected chi connectivity index (χ1v) is 21.1. The van der Waals surface area contributed by atoms with E-state index in [0.717, 1.165) is 96.7 Å². The van der Waals surface area contributed by atoms with Crippen molar-refractivity contribution in [2.75, 3.05) is 32.8 Å². The molecular formula is C42H83NO5. The van der Waals surface area contributed by atoms with Gasteiger partial charge in [-0.3, -0.25) is 9.59 Å². The number of nitrogens with zero attached hydrogens (tertiary/aromatic N) is 1. The Balaban J connectivity index is 4.23. The number of hydrogen-bond acceptors (Lipinski definition) is 6. The number of carbonyl (C=O) groups is 2. The van der Waals surface area contributed by atoms with Crippen molar-refractivity contribution in [3.05, 3.63) is 0 Å². The van der Waals surface area contributed by atoms with E-state index in [1.807, 2.05) is 0 Å². The molecule has 0 rings (SSSR count). The van der Waals surface area contributed by atoms with Crippen LogP contribution in [-0.4, -0.2) is 60.9 Å². The third-order valence-electron chi connectivity index (χ3n) is 9.70. The molecule has 0 aliphatic heterocycles. The third-order valence-corrected chi connectivity index (χ3v) is 9.70. The summed E-state index contributed by atoms with van der Waals surface area (Å²) in [6.45, 7) is 12.8. The molecule has 48 heavy (non-hydrogen) atoms. The zero-order valence-electron chi connectivity index (χ0n) is 32.7. The first-order chi connectivity index (χ1) is 23.5. The predicted molar refractivity (Wildman–Crippen MR) is 204 cm³/mol. The maximum Gasteiger partial charge on any atom is 0.306 e. The minimum atomic E-state index is -0.0503. The molecule has 6 nitrogen and oxygen atoms in total. The lowest BCUT2D eigenvalue weighted by molar-refractivity contribution is -0.150. The molecule has 0 aliphatic rings. The van der Waals surface area contributed by atoms with Crippen LogP contribution >= 0.6 is 0 Å². The fourth-order valence-electron chi connectivity index (χ4n) is 6.62. The van der Waals surface area contributed by atoms with Crippen LogP contribution in [0.25, 0.3) is 0 Å². The Morgan fingerprint density at radius 1 is 0.542 bits per heavy atom. The molecule has 0 bridgehead atoms. The highest BCUT2D eigenvalue weighted by atomic mass is 16.5. The predicted octanol–water partition coefficient (Wildman–Crippen LogP) is 11.7. The fourth-order valence-corrected chi connectivity index (χ4v) is 6.62. The summed E-state index contributed by atoms with van der Waals surface area (Å²) in [5.41, 5.74) is 0. The van der Waals surface area contributed by atoms with Gasteiger partial charge in [0.1, 0.15) is 6.10 Å². The second kappa shape index (κ2) is 37.1. The monoisotopic (exact) mass is 682 g/mol. The van der Waals surface area contributed by atoms with Gasteiger partial charge in [-0.15, -0.1) is 0 Å². The van der Waals surface area contributed by atoms with Crippen LogP contribution in [0.1, 0.15) is 214 Å². The van der Waals surface area contributed by atoms with Gasteiger partial charge in [0.05, 0.1) is 6.61 Å². The largest absolute Gasteiger partial charge is 0.466 e. The molecule has 0 radical (unpaired) electrons. The van der Waals surface area contributed by atoms with Crippen LogP contribution in [-0.2, 0) is 19.1 Å². The molecule has 0 aromatic carbocycles. The maximum absolute atomic E-state index is 12.7. The summed E-state index contributed by atoms with van der Waals surface area (Å²) in [4.78, 5) is 27.2. The van der Waals surface area contributed by atoms with Gasteiger partial charge in [0.15, 0.2) is 0 Å². The van der Waals surface area contributed by atoms with Crippen molar-refractivity contribution in [3.8, 4) is 0 Å². The molecule has 6 heteroatoms. The molecular weight excluding hydrogens is 598 g/mol. The van der Waals surface area contributed by atoms with Gasteiger partial charge in [0.2, 0.25) is 0 Å². The standard InChI is InChI=1S/C42H83NO5/c1-5-8-11-14-16-22-30-40(31-23-17-15-12-9-6-2)48-42(46)33-24-19-21-29-39(4)38-43(35-28-36-44)34-26-20-25-32-41(45)47-37-27-18-13-10-7-3/h39-40,44H,5-38H2,1-4H3. The van der Waals surface area contributed by atoms with E-state index in [2.05, 4.69) is 32.6 Å². The molecule has 0 spiro atoms. The van der Waals surface area contributed by atoms with Crippen molar-refractivity contribution >= 4 is 11.9 Å². The smallest absolute Gasteiger partial charge is 0.306 e. The fraction of sp³-hybridized carbons (Fsp3) is 0.952. The summed E-state index contributed by atoms with van der Waals surface area (Å²) in [6.07, 6.45) is 32.6. The number of aliphatic hydroxyl groups excluding tert-OH is 1. The molecule has 1 atom stereocenters. The number of unbranched alkanes of at least 4 members (excludes halogenated alkanes) is 18. The lowest BCUT2D eigenvalue weighted by Gasteiger charge is -2.25. The summed E-state index contributed by atoms with van der Waals surface area (Å²) in [6, 6.07) is 0. The molecule has 0 saturated carbocycles. The number of ether oxygens (including phenoxy) is 2. The van der Waals surface area contributed by atoms with E-state index in [1.165, 1.54) is 96.3 Å². The minimum absolute atomic E-state index is 0.0101. The molecule has 0 aromatic rings. The van der Waals surface area contributed by atoms with Crippen molar-refractivity contribution in [2.45, 2.75) is 220 Å². The number of carbonyl (C=O) groups excluding carboxylic acids is 2. The van der Waals surface area contributed by atoms with E-state index < -0.39 is 0 Å². The number of esters is 2. The maximum atomic E-state index is 12.7. The Labute approximate surface area is 299 Å². The van der Waals surface area contributed by atoms with E-state index in [4.69, 9.17) is 9.47 Å². The van der Waals surface area contributed by atoms with Crippen molar-refractivity contribution in [1.82, 2.24) is 4.90 Å². The van der Waals surface area contributed by atoms with Crippen LogP contribution < -0.4 is 0 Å². The van der Waals surface area contributed by atoms with Crippen LogP contribution in [0, 0.1) is 5.92 Å². The van der Waals surface area contributed by atoms with E-state index in [-0.39, 0.29) is 24.6 Å². The first-order valence-electron chi connectivity index (χ1n) is 21.1. The number of rotatable bonds is 38. The lowest BCUT2D eigenvalue weighted by Crippen LogP contribution is -2.31. The van der Waals surface area contributed by atoms with Crippen molar-refractivity contribution in [3.63, 3.8) is 0 Å². The molecule has 0 aromatic heterocycles. The van der Waals surface area contributed by atoms with Gasteiger partial charge in [-0.2, -0.15) is 0 Å². The molecule has 0 heterocycles. The molecule has 0 amide bonds. The Kier molecular flexibility index (Phi) is 36.2. The lowest BCUT2D eigenvalue weighted by atomic mass is 10.0. The summed E-state index contributed by atoms with van der Waals surface area (Å²) in [5, 5.41) is 9.40. The second-order valence-corrected chi connectivity index (χ2v) is 14.8. The van der Waals surface area contributed by atoms with E-state index in [9.17, 15) is 14.7 Å². The molecule has 0 saturated heterocycles. The van der Waals surface area contributed by atoms with Crippen molar-refractivity contribution < 1.29 is 24.2 Å². The summed E-state index contributed by atoms with van der Waals surface area (Å²) in [7, 11) is 0. The number of aliphatic hydroxyl groups is 1. The SMILES string of the molecule is CCCCCCCCC(CCCCCCCC)OC(=O)CCCCCC(C)CN(CCCO)CCCCCC(=O)OCCCCCCC. The van der Waals surface area contributed by atoms with Crippen LogP contribution in [0.5, 0.6) is 0 Å².